The number of ether oxygens (including phenoxy) is 2. The number of imidazole rings is 1. The molecule has 2 aromatic heterocycles. The van der Waals surface area contributed by atoms with Crippen LogP contribution < -0.4 is 17.0 Å². The number of aromatic amines is 1. The van der Waals surface area contributed by atoms with E-state index in [0.29, 0.717) is 6.42 Å². The van der Waals surface area contributed by atoms with Crippen LogP contribution >= 0.6 is 14.3 Å². The van der Waals surface area contributed by atoms with Gasteiger partial charge in [-0.05, 0) is 36.4 Å². The molecule has 4 heterocycles. The molecule has 6 N–H and O–H groups in total. The van der Waals surface area contributed by atoms with Crippen LogP contribution in [0.4, 0.5) is 5.95 Å². The number of aliphatic imine (C=N–C) groups is 1. The second kappa shape index (κ2) is 13.0. The predicted molar refractivity (Wildman–Crippen MR) is 176 cm³/mol. The minimum absolute atomic E-state index is 0.00579. The van der Waals surface area contributed by atoms with Crippen molar-refractivity contribution in [1.82, 2.24) is 19.5 Å². The molecule has 1 aliphatic carbocycles. The molecule has 0 radical (unpaired) electrons. The Labute approximate surface area is 272 Å². The quantitative estimate of drug-likeness (QED) is 0.150. The highest BCUT2D eigenvalue weighted by molar-refractivity contribution is 8.07. The first-order valence-electron chi connectivity index (χ1n) is 14.7. The summed E-state index contributed by atoms with van der Waals surface area (Å²) >= 11 is 5.50. The Balaban J connectivity index is 1.51. The smallest absolute Gasteiger partial charge is 0.328 e. The molecule has 258 valence electrons. The average Bonchev–Trinajstić information content (AvgIpc) is 3.59. The largest absolute Gasteiger partial charge is 0.409 e. The Morgan fingerprint density at radius 1 is 1.24 bits per heavy atom. The van der Waals surface area contributed by atoms with E-state index in [0.717, 1.165) is 0 Å². The Morgan fingerprint density at radius 3 is 2.61 bits per heavy atom. The van der Waals surface area contributed by atoms with Crippen LogP contribution in [-0.2, 0) is 48.4 Å². The predicted octanol–water partition coefficient (Wildman–Crippen LogP) is 2.24. The van der Waals surface area contributed by atoms with Gasteiger partial charge in [-0.3, -0.25) is 28.4 Å². The highest BCUT2D eigenvalue weighted by Gasteiger charge is 2.54. The van der Waals surface area contributed by atoms with E-state index >= 15 is 0 Å². The molecule has 2 bridgehead atoms. The number of fused-ring (bicyclic) bond motifs is 4. The molecule has 10 atom stereocenters. The summed E-state index contributed by atoms with van der Waals surface area (Å²) in [5.41, 5.74) is 11.1. The first-order chi connectivity index (χ1) is 21.4. The third-order valence-corrected chi connectivity index (χ3v) is 16.3. The second-order valence-corrected chi connectivity index (χ2v) is 22.8. The number of nitrogens with two attached hydrogens (primary N) is 2. The zero-order chi connectivity index (χ0) is 33.8. The summed E-state index contributed by atoms with van der Waals surface area (Å²) in [5.74, 6) is -0.611. The van der Waals surface area contributed by atoms with Crippen LogP contribution in [0, 0.1) is 5.92 Å². The number of aromatic nitrogens is 4. The fourth-order valence-electron chi connectivity index (χ4n) is 5.72. The zero-order valence-electron chi connectivity index (χ0n) is 26.8. The lowest BCUT2D eigenvalue weighted by molar-refractivity contribution is -0.0558. The molecule has 9 unspecified atom stereocenters. The van der Waals surface area contributed by atoms with Gasteiger partial charge in [-0.15, -0.1) is 0 Å². The van der Waals surface area contributed by atoms with Crippen molar-refractivity contribution in [2.45, 2.75) is 88.1 Å². The molecular formula is C25H43N7O10P2SSi. The number of hydrogen-bond acceptors (Lipinski definition) is 14. The van der Waals surface area contributed by atoms with E-state index in [-0.39, 0.29) is 35.4 Å². The molecule has 0 spiro atoms. The number of methoxy groups -OCH3 is 1. The summed E-state index contributed by atoms with van der Waals surface area (Å²) in [6.45, 7) is 7.51. The van der Waals surface area contributed by atoms with Gasteiger partial charge in [0.1, 0.15) is 18.3 Å². The molecule has 21 heteroatoms. The molecule has 17 nitrogen and oxygen atoms in total. The highest BCUT2D eigenvalue weighted by Crippen LogP contribution is 2.55. The maximum absolute atomic E-state index is 14.0. The minimum Gasteiger partial charge on any atom is -0.409 e. The van der Waals surface area contributed by atoms with Crippen LogP contribution in [0.1, 0.15) is 33.4 Å². The SMILES string of the molecule is COC1C2COP(O)(=S)OC3C(CO[P@](C)(=O)OC1C(n1cnc4c(=O)[nH]c(N)nc41)O2)CC(N=CN)C3O[Si](C)(C)C(C)(C)C. The number of nitrogen functional groups attached to an aromatic ring is 1. The lowest BCUT2D eigenvalue weighted by Crippen LogP contribution is -2.49. The molecular weight excluding hydrogens is 680 g/mol. The molecule has 0 amide bonds. The molecule has 0 aromatic carbocycles. The third kappa shape index (κ3) is 7.21. The Hall–Kier alpha value is -1.60. The lowest BCUT2D eigenvalue weighted by atomic mass is 10.1. The molecule has 5 rings (SSSR count). The monoisotopic (exact) mass is 723 g/mol. The average molecular weight is 724 g/mol. The summed E-state index contributed by atoms with van der Waals surface area (Å²) in [5, 5.41) is -0.150. The fraction of sp³-hybridized carbons (Fsp3) is 0.760. The van der Waals surface area contributed by atoms with Crippen LogP contribution in [0.25, 0.3) is 11.2 Å². The van der Waals surface area contributed by atoms with Crippen LogP contribution in [0.5, 0.6) is 0 Å². The van der Waals surface area contributed by atoms with Crippen LogP contribution in [0.15, 0.2) is 16.1 Å². The molecule has 2 saturated heterocycles. The van der Waals surface area contributed by atoms with Crippen molar-refractivity contribution in [3.63, 3.8) is 0 Å². The van der Waals surface area contributed by atoms with Gasteiger partial charge in [-0.1, -0.05) is 20.8 Å². The van der Waals surface area contributed by atoms with Gasteiger partial charge in [0, 0.05) is 19.7 Å². The number of anilines is 1. The normalized spacial score (nSPS) is 38.0. The molecule has 1 saturated carbocycles. The Kier molecular flexibility index (Phi) is 10.1. The summed E-state index contributed by atoms with van der Waals surface area (Å²) < 4.78 is 58.4. The first-order valence-corrected chi connectivity index (χ1v) is 22.2. The van der Waals surface area contributed by atoms with E-state index < -0.39 is 76.9 Å². The summed E-state index contributed by atoms with van der Waals surface area (Å²) in [4.78, 5) is 39.1. The van der Waals surface area contributed by atoms with E-state index in [1.165, 1.54) is 31.0 Å². The maximum atomic E-state index is 14.0. The van der Waals surface area contributed by atoms with Gasteiger partial charge < -0.3 is 43.8 Å². The van der Waals surface area contributed by atoms with Crippen LogP contribution in [0.2, 0.25) is 18.1 Å². The van der Waals surface area contributed by atoms with Crippen molar-refractivity contribution < 1.29 is 41.5 Å². The number of H-pyrrole nitrogens is 1. The van der Waals surface area contributed by atoms with Gasteiger partial charge in [0.2, 0.25) is 5.95 Å². The zero-order valence-corrected chi connectivity index (χ0v) is 30.4. The fourth-order valence-corrected chi connectivity index (χ4v) is 9.71. The van der Waals surface area contributed by atoms with Gasteiger partial charge in [0.15, 0.2) is 25.7 Å². The van der Waals surface area contributed by atoms with Crippen molar-refractivity contribution in [3.05, 3.63) is 16.7 Å². The van der Waals surface area contributed by atoms with Crippen molar-refractivity contribution in [2.75, 3.05) is 32.7 Å². The minimum atomic E-state index is -3.95. The lowest BCUT2D eigenvalue weighted by Gasteiger charge is -2.41. The Morgan fingerprint density at radius 2 is 1.96 bits per heavy atom. The highest BCUT2D eigenvalue weighted by atomic mass is 32.5. The number of nitrogens with zero attached hydrogens (tertiary/aromatic N) is 4. The molecule has 3 aliphatic rings. The van der Waals surface area contributed by atoms with E-state index in [1.54, 1.807) is 0 Å². The van der Waals surface area contributed by atoms with Gasteiger partial charge in [0.25, 0.3) is 5.56 Å². The van der Waals surface area contributed by atoms with Gasteiger partial charge in [0.05, 0.1) is 44.1 Å². The van der Waals surface area contributed by atoms with Crippen molar-refractivity contribution in [3.8, 4) is 0 Å². The van der Waals surface area contributed by atoms with Gasteiger partial charge in [-0.2, -0.15) is 4.98 Å². The maximum Gasteiger partial charge on any atom is 0.328 e. The second-order valence-electron chi connectivity index (χ2n) is 13.2. The van der Waals surface area contributed by atoms with E-state index in [9.17, 15) is 14.3 Å². The van der Waals surface area contributed by atoms with Gasteiger partial charge in [-0.25, -0.2) is 4.98 Å². The summed E-state index contributed by atoms with van der Waals surface area (Å²) in [7, 11) is -4.82. The van der Waals surface area contributed by atoms with E-state index in [2.05, 4.69) is 53.8 Å². The number of rotatable bonds is 5. The van der Waals surface area contributed by atoms with Crippen molar-refractivity contribution >= 4 is 57.9 Å². The molecule has 46 heavy (non-hydrogen) atoms. The standard InChI is InChI=1S/C25H43N7O10P2SSi/c1-25(2,3)46(6,7)42-18-14(28-11-26)8-13-9-37-43(5,34)40-20-19(36-4)15(10-38-44(35,45)41-17(13)18)39-23(20)32-12-29-16-21(32)30-24(27)31-22(16)33/h11-15,17-20,23H,8-10H2,1-7H3,(H2,26,28)(H,35,45)(H3,27,30,31,33)/t13?,14?,15?,17?,18?,19?,20?,23?,43-,44?/m0/s1. The van der Waals surface area contributed by atoms with Crippen LogP contribution in [-0.4, -0.2) is 103 Å². The number of hydrogen-bond donors (Lipinski definition) is 4. The van der Waals surface area contributed by atoms with Crippen molar-refractivity contribution in [2.24, 2.45) is 16.6 Å². The van der Waals surface area contributed by atoms with Crippen molar-refractivity contribution in [1.29, 1.82) is 0 Å². The number of nitrogens with one attached hydrogen (secondary N) is 1. The van der Waals surface area contributed by atoms with E-state index in [4.69, 9.17) is 55.3 Å². The topological polar surface area (TPSA) is 230 Å². The molecule has 2 aromatic rings. The summed E-state index contributed by atoms with van der Waals surface area (Å²) in [6, 6.07) is -0.447. The molecule has 2 aliphatic heterocycles. The van der Waals surface area contributed by atoms with E-state index in [1.807, 2.05) is 0 Å². The van der Waals surface area contributed by atoms with Gasteiger partial charge >= 0.3 is 14.3 Å². The van der Waals surface area contributed by atoms with Crippen LogP contribution in [0.3, 0.4) is 0 Å². The summed E-state index contributed by atoms with van der Waals surface area (Å²) in [6.07, 6.45) is -2.50. The Bertz CT molecular complexity index is 1620. The first kappa shape index (κ1) is 35.7. The third-order valence-electron chi connectivity index (χ3n) is 9.00. The molecule has 3 fully saturated rings.